The number of nitrogens with zero attached hydrogens (tertiary/aromatic N) is 3. The van der Waals surface area contributed by atoms with Gasteiger partial charge >= 0.3 is 6.03 Å². The summed E-state index contributed by atoms with van der Waals surface area (Å²) in [5.41, 5.74) is 1.90. The van der Waals surface area contributed by atoms with E-state index in [1.54, 1.807) is 43.5 Å². The van der Waals surface area contributed by atoms with Crippen LogP contribution in [0.25, 0.3) is 0 Å². The van der Waals surface area contributed by atoms with Crippen molar-refractivity contribution in [2.45, 2.75) is 52.4 Å². The number of pyridine rings is 1. The predicted octanol–water partition coefficient (Wildman–Crippen LogP) is 3.62. The van der Waals surface area contributed by atoms with E-state index >= 15 is 0 Å². The number of hydrogen-bond donors (Lipinski definition) is 2. The highest BCUT2D eigenvalue weighted by molar-refractivity contribution is 5.99. The molecule has 36 heavy (non-hydrogen) atoms. The maximum atomic E-state index is 13.5. The van der Waals surface area contributed by atoms with Gasteiger partial charge in [0, 0.05) is 57.8 Å². The fourth-order valence-corrected chi connectivity index (χ4v) is 4.28. The van der Waals surface area contributed by atoms with Crippen LogP contribution in [0.2, 0.25) is 0 Å². The van der Waals surface area contributed by atoms with E-state index in [1.165, 1.54) is 0 Å². The number of fused-ring (bicyclic) bond motifs is 1. The van der Waals surface area contributed by atoms with Gasteiger partial charge in [0.25, 0.3) is 5.91 Å². The Morgan fingerprint density at radius 1 is 1.22 bits per heavy atom. The average molecular weight is 498 g/mol. The van der Waals surface area contributed by atoms with Crippen LogP contribution in [0.15, 0.2) is 42.6 Å². The third kappa shape index (κ3) is 7.41. The largest absolute Gasteiger partial charge is 0.491 e. The molecule has 9 heteroatoms. The highest BCUT2D eigenvalue weighted by Crippen LogP contribution is 2.26. The lowest BCUT2D eigenvalue weighted by Crippen LogP contribution is -2.46. The second kappa shape index (κ2) is 12.7. The molecule has 9 nitrogen and oxygen atoms in total. The normalized spacial score (nSPS) is 21.7. The van der Waals surface area contributed by atoms with Crippen LogP contribution in [0.4, 0.5) is 10.5 Å². The van der Waals surface area contributed by atoms with Crippen LogP contribution in [0.1, 0.15) is 43.7 Å². The molecular weight excluding hydrogens is 458 g/mol. The van der Waals surface area contributed by atoms with Crippen LogP contribution >= 0.6 is 0 Å². The summed E-state index contributed by atoms with van der Waals surface area (Å²) in [7, 11) is 3.45. The van der Waals surface area contributed by atoms with Gasteiger partial charge in [-0.25, -0.2) is 4.79 Å². The molecule has 2 aromatic rings. The van der Waals surface area contributed by atoms with Gasteiger partial charge in [0.15, 0.2) is 0 Å². The molecule has 3 rings (SSSR count). The summed E-state index contributed by atoms with van der Waals surface area (Å²) in [5.74, 6) is 0.447. The topological polar surface area (TPSA) is 96.0 Å². The summed E-state index contributed by atoms with van der Waals surface area (Å²) in [6, 6.07) is 10.8. The summed E-state index contributed by atoms with van der Waals surface area (Å²) in [6.45, 7) is 10.3. The number of ether oxygens (including phenoxy) is 2. The van der Waals surface area contributed by atoms with E-state index in [4.69, 9.17) is 9.47 Å². The van der Waals surface area contributed by atoms with E-state index in [-0.39, 0.29) is 36.0 Å². The molecule has 0 unspecified atom stereocenters. The van der Waals surface area contributed by atoms with Crippen molar-refractivity contribution in [2.75, 3.05) is 39.2 Å². The quantitative estimate of drug-likeness (QED) is 0.655. The zero-order chi connectivity index (χ0) is 26.2. The number of anilines is 1. The summed E-state index contributed by atoms with van der Waals surface area (Å²) in [6.07, 6.45) is 1.65. The zero-order valence-electron chi connectivity index (χ0n) is 22.2. The third-order valence-corrected chi connectivity index (χ3v) is 6.34. The lowest BCUT2D eigenvalue weighted by atomic mass is 10.0. The minimum atomic E-state index is -0.327. The molecule has 196 valence electrons. The Kier molecular flexibility index (Phi) is 9.66. The van der Waals surface area contributed by atoms with Crippen LogP contribution in [-0.4, -0.2) is 78.8 Å². The Hall–Kier alpha value is -3.17. The Labute approximate surface area is 214 Å². The molecule has 3 atom stereocenters. The number of amides is 3. The fourth-order valence-electron chi connectivity index (χ4n) is 4.28. The molecule has 2 heterocycles. The third-order valence-electron chi connectivity index (χ3n) is 6.34. The van der Waals surface area contributed by atoms with Gasteiger partial charge in [0.05, 0.1) is 17.4 Å². The molecule has 0 bridgehead atoms. The van der Waals surface area contributed by atoms with Crippen LogP contribution in [0, 0.1) is 5.92 Å². The molecule has 1 aromatic heterocycles. The van der Waals surface area contributed by atoms with Crippen LogP contribution in [0.3, 0.4) is 0 Å². The van der Waals surface area contributed by atoms with Crippen molar-refractivity contribution in [3.63, 3.8) is 0 Å². The minimum absolute atomic E-state index is 0.00567. The minimum Gasteiger partial charge on any atom is -0.491 e. The molecule has 0 radical (unpaired) electrons. The Balaban J connectivity index is 1.91. The van der Waals surface area contributed by atoms with Crippen LogP contribution < -0.4 is 15.4 Å². The van der Waals surface area contributed by atoms with Gasteiger partial charge in [-0.05, 0) is 57.0 Å². The van der Waals surface area contributed by atoms with Crippen molar-refractivity contribution in [1.82, 2.24) is 20.1 Å². The number of carbonyl (C=O) groups is 2. The van der Waals surface area contributed by atoms with E-state index in [0.29, 0.717) is 36.7 Å². The summed E-state index contributed by atoms with van der Waals surface area (Å²) >= 11 is 0. The lowest BCUT2D eigenvalue weighted by Gasteiger charge is -2.35. The maximum Gasteiger partial charge on any atom is 0.319 e. The number of methoxy groups -OCH3 is 1. The van der Waals surface area contributed by atoms with Gasteiger partial charge in [-0.15, -0.1) is 0 Å². The van der Waals surface area contributed by atoms with Gasteiger partial charge in [-0.1, -0.05) is 13.0 Å². The first-order chi connectivity index (χ1) is 17.2. The molecule has 3 amide bonds. The molecule has 0 aliphatic carbocycles. The van der Waals surface area contributed by atoms with Crippen molar-refractivity contribution in [2.24, 2.45) is 5.92 Å². The molecule has 0 fully saturated rings. The van der Waals surface area contributed by atoms with Crippen molar-refractivity contribution in [3.05, 3.63) is 53.9 Å². The molecule has 0 saturated carbocycles. The number of hydrogen-bond acceptors (Lipinski definition) is 6. The Morgan fingerprint density at radius 2 is 2.00 bits per heavy atom. The first-order valence-electron chi connectivity index (χ1n) is 12.4. The van der Waals surface area contributed by atoms with Crippen molar-refractivity contribution >= 4 is 17.6 Å². The number of urea groups is 1. The zero-order valence-corrected chi connectivity index (χ0v) is 22.2. The van der Waals surface area contributed by atoms with Gasteiger partial charge < -0.3 is 25.0 Å². The molecule has 1 aromatic carbocycles. The standard InChI is InChI=1S/C27H39N5O4/c1-18(2)29-27(34)30-21-10-11-24-23(13-21)26(33)31(5)16-25(35-6)19(3)14-32(20(4)17-36-24)15-22-9-7-8-12-28-22/h7-13,18-20,25H,14-17H2,1-6H3,(H2,29,30,34)/t19-,20-,25+/m0/s1. The van der Waals surface area contributed by atoms with E-state index < -0.39 is 0 Å². The number of nitrogens with one attached hydrogen (secondary N) is 2. The number of likely N-dealkylation sites (N-methyl/N-ethyl adjacent to an activating group) is 1. The van der Waals surface area contributed by atoms with E-state index in [1.807, 2.05) is 32.0 Å². The molecule has 0 spiro atoms. The summed E-state index contributed by atoms with van der Waals surface area (Å²) in [4.78, 5) is 34.2. The first kappa shape index (κ1) is 27.4. The van der Waals surface area contributed by atoms with Crippen molar-refractivity contribution < 1.29 is 19.1 Å². The van der Waals surface area contributed by atoms with Gasteiger partial charge in [-0.2, -0.15) is 0 Å². The van der Waals surface area contributed by atoms with Crippen molar-refractivity contribution in [3.8, 4) is 5.75 Å². The van der Waals surface area contributed by atoms with Crippen LogP contribution in [-0.2, 0) is 11.3 Å². The second-order valence-electron chi connectivity index (χ2n) is 9.81. The van der Waals surface area contributed by atoms with Gasteiger partial charge in [0.2, 0.25) is 0 Å². The first-order valence-corrected chi connectivity index (χ1v) is 12.4. The van der Waals surface area contributed by atoms with E-state index in [0.717, 1.165) is 12.2 Å². The molecule has 1 aliphatic heterocycles. The SMILES string of the molecule is CO[C@@H]1CN(C)C(=O)c2cc(NC(=O)NC(C)C)ccc2OC[C@H](C)N(Cc2ccccn2)C[C@@H]1C. The smallest absolute Gasteiger partial charge is 0.319 e. The fraction of sp³-hybridized carbons (Fsp3) is 0.519. The Bertz CT molecular complexity index is 1020. The Morgan fingerprint density at radius 3 is 2.67 bits per heavy atom. The molecule has 0 saturated heterocycles. The molecule has 2 N–H and O–H groups in total. The number of rotatable bonds is 5. The average Bonchev–Trinajstić information content (AvgIpc) is 2.84. The van der Waals surface area contributed by atoms with E-state index in [9.17, 15) is 9.59 Å². The van der Waals surface area contributed by atoms with E-state index in [2.05, 4.69) is 34.4 Å². The van der Waals surface area contributed by atoms with Crippen LogP contribution in [0.5, 0.6) is 5.75 Å². The van der Waals surface area contributed by atoms with Gasteiger partial charge in [0.1, 0.15) is 12.4 Å². The summed E-state index contributed by atoms with van der Waals surface area (Å²) in [5, 5.41) is 5.59. The molecule has 1 aliphatic rings. The number of carbonyl (C=O) groups excluding carboxylic acids is 2. The van der Waals surface area contributed by atoms with Gasteiger partial charge in [-0.3, -0.25) is 14.7 Å². The molecular formula is C27H39N5O4. The monoisotopic (exact) mass is 497 g/mol. The van der Waals surface area contributed by atoms with Crippen molar-refractivity contribution in [1.29, 1.82) is 0 Å². The maximum absolute atomic E-state index is 13.5. The summed E-state index contributed by atoms with van der Waals surface area (Å²) < 4.78 is 12.0. The highest BCUT2D eigenvalue weighted by Gasteiger charge is 2.28. The number of aromatic nitrogens is 1. The predicted molar refractivity (Wildman–Crippen MR) is 140 cm³/mol. The highest BCUT2D eigenvalue weighted by atomic mass is 16.5. The lowest BCUT2D eigenvalue weighted by molar-refractivity contribution is 0.00901. The second-order valence-corrected chi connectivity index (χ2v) is 9.81. The number of benzene rings is 1.